The molecule has 0 radical (unpaired) electrons. The second-order valence-corrected chi connectivity index (χ2v) is 3.99. The van der Waals surface area contributed by atoms with Crippen molar-refractivity contribution in [2.75, 3.05) is 13.1 Å². The second kappa shape index (κ2) is 4.13. The fraction of sp³-hybridized carbons (Fsp3) is 0.273. The molecular formula is C11H9Cl2N. The van der Waals surface area contributed by atoms with Crippen LogP contribution in [-0.2, 0) is 0 Å². The fourth-order valence-corrected chi connectivity index (χ4v) is 1.67. The molecule has 1 fully saturated rings. The average Bonchev–Trinajstić information content (AvgIpc) is 2.07. The molecule has 0 spiro atoms. The largest absolute Gasteiger partial charge is 0.332 e. The third-order valence-electron chi connectivity index (χ3n) is 2.16. The van der Waals surface area contributed by atoms with Gasteiger partial charge in [-0.15, -0.1) is 0 Å². The lowest BCUT2D eigenvalue weighted by atomic mass is 10.2. The van der Waals surface area contributed by atoms with Crippen LogP contribution in [0.3, 0.4) is 0 Å². The normalized spacial score (nSPS) is 14.3. The van der Waals surface area contributed by atoms with Crippen LogP contribution in [0.15, 0.2) is 18.2 Å². The standard InChI is InChI=1S/C11H9Cl2N/c12-10-3-1-4-11(13)9(10)5-8-14-6-2-7-14/h1,3-4H,2,6-7H2. The Labute approximate surface area is 93.6 Å². The highest BCUT2D eigenvalue weighted by Gasteiger charge is 2.09. The minimum Gasteiger partial charge on any atom is -0.332 e. The lowest BCUT2D eigenvalue weighted by Gasteiger charge is -2.26. The highest BCUT2D eigenvalue weighted by molar-refractivity contribution is 6.36. The topological polar surface area (TPSA) is 3.24 Å². The zero-order valence-electron chi connectivity index (χ0n) is 7.56. The highest BCUT2D eigenvalue weighted by atomic mass is 35.5. The van der Waals surface area contributed by atoms with E-state index in [1.807, 2.05) is 6.07 Å². The number of hydrogen-bond acceptors (Lipinski definition) is 1. The summed E-state index contributed by atoms with van der Waals surface area (Å²) in [6.45, 7) is 2.10. The van der Waals surface area contributed by atoms with Gasteiger partial charge in [-0.2, -0.15) is 0 Å². The van der Waals surface area contributed by atoms with Gasteiger partial charge in [0.2, 0.25) is 0 Å². The van der Waals surface area contributed by atoms with E-state index in [0.29, 0.717) is 10.0 Å². The van der Waals surface area contributed by atoms with E-state index in [2.05, 4.69) is 16.9 Å². The first kappa shape index (κ1) is 9.71. The Morgan fingerprint density at radius 3 is 2.29 bits per heavy atom. The fourth-order valence-electron chi connectivity index (χ4n) is 1.18. The van der Waals surface area contributed by atoms with Crippen molar-refractivity contribution in [1.29, 1.82) is 0 Å². The molecule has 1 aromatic carbocycles. The van der Waals surface area contributed by atoms with E-state index in [1.54, 1.807) is 12.1 Å². The van der Waals surface area contributed by atoms with Crippen molar-refractivity contribution in [2.24, 2.45) is 0 Å². The first-order chi connectivity index (χ1) is 6.77. The molecule has 1 heterocycles. The lowest BCUT2D eigenvalue weighted by molar-refractivity contribution is 0.282. The molecular weight excluding hydrogens is 217 g/mol. The number of halogens is 2. The van der Waals surface area contributed by atoms with Crippen LogP contribution in [0.4, 0.5) is 0 Å². The SMILES string of the molecule is Clc1cccc(Cl)c1C#CN1CCC1. The zero-order chi connectivity index (χ0) is 9.97. The first-order valence-electron chi connectivity index (χ1n) is 4.48. The monoisotopic (exact) mass is 225 g/mol. The Morgan fingerprint density at radius 1 is 1.14 bits per heavy atom. The van der Waals surface area contributed by atoms with Crippen LogP contribution in [0.1, 0.15) is 12.0 Å². The summed E-state index contributed by atoms with van der Waals surface area (Å²) in [5.41, 5.74) is 0.725. The maximum Gasteiger partial charge on any atom is 0.0636 e. The van der Waals surface area contributed by atoms with Crippen molar-refractivity contribution in [3.05, 3.63) is 33.8 Å². The molecule has 1 aliphatic heterocycles. The third kappa shape index (κ3) is 1.97. The zero-order valence-corrected chi connectivity index (χ0v) is 9.07. The molecule has 72 valence electrons. The van der Waals surface area contributed by atoms with Gasteiger partial charge in [-0.1, -0.05) is 29.3 Å². The van der Waals surface area contributed by atoms with Crippen molar-refractivity contribution in [2.45, 2.75) is 6.42 Å². The van der Waals surface area contributed by atoms with Crippen LogP contribution in [-0.4, -0.2) is 18.0 Å². The molecule has 0 amide bonds. The van der Waals surface area contributed by atoms with Crippen molar-refractivity contribution >= 4 is 23.2 Å². The number of benzene rings is 1. The van der Waals surface area contributed by atoms with E-state index in [9.17, 15) is 0 Å². The smallest absolute Gasteiger partial charge is 0.0636 e. The molecule has 1 saturated heterocycles. The minimum atomic E-state index is 0.616. The van der Waals surface area contributed by atoms with E-state index in [-0.39, 0.29) is 0 Å². The number of nitrogens with zero attached hydrogens (tertiary/aromatic N) is 1. The van der Waals surface area contributed by atoms with Crippen LogP contribution in [0, 0.1) is 12.0 Å². The van der Waals surface area contributed by atoms with Gasteiger partial charge in [0, 0.05) is 19.1 Å². The number of likely N-dealkylation sites (tertiary alicyclic amines) is 1. The summed E-state index contributed by atoms with van der Waals surface area (Å²) >= 11 is 11.9. The van der Waals surface area contributed by atoms with Gasteiger partial charge in [0.25, 0.3) is 0 Å². The summed E-state index contributed by atoms with van der Waals surface area (Å²) in [4.78, 5) is 2.06. The van der Waals surface area contributed by atoms with Gasteiger partial charge < -0.3 is 4.90 Å². The quantitative estimate of drug-likeness (QED) is 0.614. The molecule has 0 aliphatic carbocycles. The van der Waals surface area contributed by atoms with Crippen LogP contribution in [0.2, 0.25) is 10.0 Å². The van der Waals surface area contributed by atoms with Gasteiger partial charge in [0.1, 0.15) is 0 Å². The molecule has 0 bridgehead atoms. The minimum absolute atomic E-state index is 0.616. The molecule has 2 rings (SSSR count). The number of rotatable bonds is 0. The van der Waals surface area contributed by atoms with Crippen molar-refractivity contribution in [1.82, 2.24) is 4.90 Å². The lowest BCUT2D eigenvalue weighted by Crippen LogP contribution is -2.32. The van der Waals surface area contributed by atoms with E-state index in [4.69, 9.17) is 23.2 Å². The maximum atomic E-state index is 5.97. The summed E-state index contributed by atoms with van der Waals surface area (Å²) in [6.07, 6.45) is 1.23. The average molecular weight is 226 g/mol. The van der Waals surface area contributed by atoms with Crippen molar-refractivity contribution < 1.29 is 0 Å². The predicted molar refractivity (Wildman–Crippen MR) is 59.5 cm³/mol. The molecule has 1 aliphatic rings. The summed E-state index contributed by atoms with van der Waals surface area (Å²) < 4.78 is 0. The molecule has 0 N–H and O–H groups in total. The predicted octanol–water partition coefficient (Wildman–Crippen LogP) is 3.01. The van der Waals surface area contributed by atoms with Crippen molar-refractivity contribution in [3.8, 4) is 12.0 Å². The summed E-state index contributed by atoms with van der Waals surface area (Å²) in [5, 5.41) is 1.23. The maximum absolute atomic E-state index is 5.97. The van der Waals surface area contributed by atoms with E-state index >= 15 is 0 Å². The van der Waals surface area contributed by atoms with Gasteiger partial charge in [-0.25, -0.2) is 0 Å². The van der Waals surface area contributed by atoms with Gasteiger partial charge in [-0.05, 0) is 24.5 Å². The molecule has 1 aromatic rings. The first-order valence-corrected chi connectivity index (χ1v) is 5.23. The molecule has 0 unspecified atom stereocenters. The van der Waals surface area contributed by atoms with Gasteiger partial charge in [0.15, 0.2) is 0 Å². The Bertz CT molecular complexity index is 379. The van der Waals surface area contributed by atoms with E-state index in [1.165, 1.54) is 6.42 Å². The van der Waals surface area contributed by atoms with Crippen LogP contribution >= 0.6 is 23.2 Å². The van der Waals surface area contributed by atoms with Gasteiger partial charge in [0.05, 0.1) is 15.6 Å². The van der Waals surface area contributed by atoms with Crippen molar-refractivity contribution in [3.63, 3.8) is 0 Å². The number of hydrogen-bond donors (Lipinski definition) is 0. The molecule has 0 saturated carbocycles. The van der Waals surface area contributed by atoms with Gasteiger partial charge >= 0.3 is 0 Å². The van der Waals surface area contributed by atoms with E-state index < -0.39 is 0 Å². The molecule has 1 nitrogen and oxygen atoms in total. The Morgan fingerprint density at radius 2 is 1.79 bits per heavy atom. The highest BCUT2D eigenvalue weighted by Crippen LogP contribution is 2.23. The molecule has 3 heteroatoms. The van der Waals surface area contributed by atoms with Crippen LogP contribution in [0.5, 0.6) is 0 Å². The Balaban J connectivity index is 2.25. The summed E-state index contributed by atoms with van der Waals surface area (Å²) in [6, 6.07) is 8.45. The molecule has 14 heavy (non-hydrogen) atoms. The Kier molecular flexibility index (Phi) is 2.86. The molecule has 0 atom stereocenters. The second-order valence-electron chi connectivity index (χ2n) is 3.17. The summed E-state index contributed by atoms with van der Waals surface area (Å²) in [5.74, 6) is 3.00. The Hall–Kier alpha value is -0.840. The molecule has 0 aromatic heterocycles. The summed E-state index contributed by atoms with van der Waals surface area (Å²) in [7, 11) is 0. The van der Waals surface area contributed by atoms with E-state index in [0.717, 1.165) is 18.7 Å². The van der Waals surface area contributed by atoms with Crippen LogP contribution < -0.4 is 0 Å². The van der Waals surface area contributed by atoms with Crippen LogP contribution in [0.25, 0.3) is 0 Å². The van der Waals surface area contributed by atoms with Gasteiger partial charge in [-0.3, -0.25) is 0 Å². The third-order valence-corrected chi connectivity index (χ3v) is 2.79.